The van der Waals surface area contributed by atoms with Crippen LogP contribution >= 0.6 is 23.2 Å². The summed E-state index contributed by atoms with van der Waals surface area (Å²) in [6.07, 6.45) is 6.77. The maximum absolute atomic E-state index is 16.8. The minimum atomic E-state index is -1.44. The summed E-state index contributed by atoms with van der Waals surface area (Å²) < 4.78 is 16.8. The Labute approximate surface area is 373 Å². The van der Waals surface area contributed by atoms with Gasteiger partial charge in [0.2, 0.25) is 23.6 Å². The fraction of sp³-hybridized carbons (Fsp3) is 0.375. The van der Waals surface area contributed by atoms with Crippen molar-refractivity contribution in [1.29, 1.82) is 0 Å². The number of nitrogens with one attached hydrogen (secondary N) is 3. The van der Waals surface area contributed by atoms with Crippen molar-refractivity contribution in [2.24, 2.45) is 0 Å². The number of unbranched alkanes of at least 4 members (excludes halogenated alkanes) is 2. The van der Waals surface area contributed by atoms with E-state index in [2.05, 4.69) is 20.9 Å². The van der Waals surface area contributed by atoms with E-state index in [1.54, 1.807) is 35.2 Å². The molecule has 63 heavy (non-hydrogen) atoms. The average Bonchev–Trinajstić information content (AvgIpc) is 3.84. The molecule has 4 heterocycles. The molecular formula is C48H46Cl2FN5O7. The van der Waals surface area contributed by atoms with Gasteiger partial charge in [-0.1, -0.05) is 79.2 Å². The number of aryl methyl sites for hydroxylation is 1. The van der Waals surface area contributed by atoms with Gasteiger partial charge in [0.05, 0.1) is 16.6 Å². The molecule has 1 aliphatic carbocycles. The quantitative estimate of drug-likeness (QED) is 0.0869. The maximum Gasteiger partial charge on any atom is 0.335 e. The monoisotopic (exact) mass is 893 g/mol. The van der Waals surface area contributed by atoms with Gasteiger partial charge < -0.3 is 20.6 Å². The van der Waals surface area contributed by atoms with Gasteiger partial charge in [0, 0.05) is 46.4 Å². The molecule has 4 aromatic carbocycles. The second-order valence-corrected chi connectivity index (χ2v) is 18.2. The molecule has 3 fully saturated rings. The summed E-state index contributed by atoms with van der Waals surface area (Å²) in [5.41, 5.74) is 1.75. The molecule has 1 saturated carbocycles. The van der Waals surface area contributed by atoms with Gasteiger partial charge in [-0.25, -0.2) is 9.18 Å². The summed E-state index contributed by atoms with van der Waals surface area (Å²) in [4.78, 5) is 83.8. The molecule has 5 amide bonds. The average molecular weight is 895 g/mol. The van der Waals surface area contributed by atoms with E-state index in [4.69, 9.17) is 23.2 Å². The number of likely N-dealkylation sites (tertiary alicyclic amines) is 1. The highest BCUT2D eigenvalue weighted by atomic mass is 35.5. The zero-order valence-corrected chi connectivity index (χ0v) is 35.9. The summed E-state index contributed by atoms with van der Waals surface area (Å²) in [6.45, 7) is 0.669. The summed E-state index contributed by atoms with van der Waals surface area (Å²) in [6, 6.07) is 19.6. The number of rotatable bonds is 11. The first-order chi connectivity index (χ1) is 30.3. The Morgan fingerprint density at radius 1 is 0.889 bits per heavy atom. The molecule has 5 aliphatic rings. The van der Waals surface area contributed by atoms with E-state index in [0.717, 1.165) is 36.8 Å². The first kappa shape index (κ1) is 42.7. The smallest absolute Gasteiger partial charge is 0.335 e. The number of carbonyl (C=O) groups is 6. The first-order valence-electron chi connectivity index (χ1n) is 21.6. The van der Waals surface area contributed by atoms with Crippen molar-refractivity contribution in [3.8, 4) is 0 Å². The molecule has 4 atom stereocenters. The minimum absolute atomic E-state index is 0.0473. The van der Waals surface area contributed by atoms with Crippen molar-refractivity contribution >= 4 is 70.1 Å². The molecule has 12 nitrogen and oxygen atoms in total. The zero-order valence-electron chi connectivity index (χ0n) is 34.4. The Kier molecular flexibility index (Phi) is 11.4. The lowest BCUT2D eigenvalue weighted by Gasteiger charge is -2.51. The molecule has 2 spiro atoms. The lowest BCUT2D eigenvalue weighted by Crippen LogP contribution is -2.61. The number of hydrogen-bond acceptors (Lipinski definition) is 7. The topological polar surface area (TPSA) is 165 Å². The summed E-state index contributed by atoms with van der Waals surface area (Å²) in [5, 5.41) is 18.3. The van der Waals surface area contributed by atoms with Crippen LogP contribution in [0.15, 0.2) is 78.9 Å². The van der Waals surface area contributed by atoms with Crippen LogP contribution in [0, 0.1) is 5.82 Å². The van der Waals surface area contributed by atoms with Crippen LogP contribution in [0.2, 0.25) is 10.0 Å². The Morgan fingerprint density at radius 2 is 1.65 bits per heavy atom. The standard InChI is InChI=1S/C48H46Cl2FN5O7/c49-29-16-19-34-36(25-29)53-46(63)48(34)39(32-12-8-13-35(50)40(32)51)41(43(59)52-30-17-14-28(15-18-30)45(61)62)56(47(48)22-4-2-5-23-47)24-6-1-3-9-27-10-7-11-31-33(27)26-55(44(31)60)37-20-21-38(57)54-42(37)58/h7-8,10-19,25,37,39,41H,1-6,9,20-24,26H2,(H,52,59)(H,53,63)(H,61,62)(H,54,57,58)/t37?,39-,41+,48+/m0/s1. The molecule has 1 unspecified atom stereocenters. The van der Waals surface area contributed by atoms with Crippen molar-refractivity contribution in [1.82, 2.24) is 15.1 Å². The van der Waals surface area contributed by atoms with E-state index in [1.807, 2.05) is 18.2 Å². The van der Waals surface area contributed by atoms with Gasteiger partial charge in [-0.3, -0.25) is 34.2 Å². The minimum Gasteiger partial charge on any atom is -0.478 e. The highest BCUT2D eigenvalue weighted by Gasteiger charge is 2.75. The molecule has 326 valence electrons. The Morgan fingerprint density at radius 3 is 2.40 bits per heavy atom. The number of nitrogens with zero attached hydrogens (tertiary/aromatic N) is 2. The predicted molar refractivity (Wildman–Crippen MR) is 234 cm³/mol. The van der Waals surface area contributed by atoms with Gasteiger partial charge in [-0.15, -0.1) is 0 Å². The molecular weight excluding hydrogens is 848 g/mol. The van der Waals surface area contributed by atoms with E-state index < -0.39 is 52.6 Å². The van der Waals surface area contributed by atoms with E-state index in [0.29, 0.717) is 66.2 Å². The van der Waals surface area contributed by atoms with Crippen molar-refractivity contribution in [2.45, 2.75) is 106 Å². The van der Waals surface area contributed by atoms with E-state index in [1.165, 1.54) is 30.3 Å². The van der Waals surface area contributed by atoms with Crippen molar-refractivity contribution < 1.29 is 38.3 Å². The third kappa shape index (κ3) is 7.08. The van der Waals surface area contributed by atoms with Gasteiger partial charge >= 0.3 is 5.97 Å². The Hall–Kier alpha value is -5.63. The first-order valence-corrected chi connectivity index (χ1v) is 22.3. The van der Waals surface area contributed by atoms with Crippen LogP contribution in [-0.4, -0.2) is 74.6 Å². The Bertz CT molecular complexity index is 2560. The number of hydrogen-bond donors (Lipinski definition) is 4. The van der Waals surface area contributed by atoms with Crippen molar-refractivity contribution in [3.05, 3.63) is 128 Å². The number of benzene rings is 4. The lowest BCUT2D eigenvalue weighted by atomic mass is 9.55. The number of piperidine rings is 1. The number of carboxylic acids is 1. The molecule has 0 bridgehead atoms. The lowest BCUT2D eigenvalue weighted by molar-refractivity contribution is -0.137. The number of carbonyl (C=O) groups excluding carboxylic acids is 5. The second-order valence-electron chi connectivity index (χ2n) is 17.3. The van der Waals surface area contributed by atoms with Gasteiger partial charge in [0.25, 0.3) is 5.91 Å². The van der Waals surface area contributed by atoms with Gasteiger partial charge in [0.1, 0.15) is 17.3 Å². The molecule has 15 heteroatoms. The number of halogens is 3. The number of amides is 5. The molecule has 0 radical (unpaired) electrons. The molecule has 4 N–H and O–H groups in total. The van der Waals surface area contributed by atoms with E-state index in [-0.39, 0.29) is 53.3 Å². The molecule has 4 aliphatic heterocycles. The fourth-order valence-corrected chi connectivity index (χ4v) is 11.8. The summed E-state index contributed by atoms with van der Waals surface area (Å²) in [5.74, 6) is -4.70. The third-order valence-electron chi connectivity index (χ3n) is 14.1. The Balaban J connectivity index is 1.06. The summed E-state index contributed by atoms with van der Waals surface area (Å²) >= 11 is 13.0. The largest absolute Gasteiger partial charge is 0.478 e. The number of fused-ring (bicyclic) bond motifs is 4. The number of aromatic carboxylic acids is 1. The third-order valence-corrected chi connectivity index (χ3v) is 14.6. The van der Waals surface area contributed by atoms with Gasteiger partial charge in [-0.2, -0.15) is 0 Å². The fourth-order valence-electron chi connectivity index (χ4n) is 11.5. The number of imide groups is 1. The van der Waals surface area contributed by atoms with Gasteiger partial charge in [0.15, 0.2) is 0 Å². The highest BCUT2D eigenvalue weighted by Crippen LogP contribution is 2.66. The normalized spacial score (nSPS) is 23.8. The predicted octanol–water partition coefficient (Wildman–Crippen LogP) is 8.00. The van der Waals surface area contributed by atoms with Crippen LogP contribution in [-0.2, 0) is 37.6 Å². The van der Waals surface area contributed by atoms with E-state index >= 15 is 14.0 Å². The molecule has 0 aromatic heterocycles. The zero-order chi connectivity index (χ0) is 44.2. The second kappa shape index (κ2) is 16.8. The number of anilines is 2. The van der Waals surface area contributed by atoms with Gasteiger partial charge in [-0.05, 0) is 116 Å². The SMILES string of the molecule is O=C1CCC(N2Cc3c(CCCCCN4[C@@H](C(=O)Nc5ccc(C(=O)O)cc5)[C@H](c5cccc(Cl)c5F)[C@]5(C(=O)Nc6cc(Cl)ccc65)C45CCCCC5)cccc3C2=O)C(=O)N1. The van der Waals surface area contributed by atoms with Crippen LogP contribution in [0.5, 0.6) is 0 Å². The molecule has 4 aromatic rings. The van der Waals surface area contributed by atoms with Crippen LogP contribution in [0.3, 0.4) is 0 Å². The molecule has 2 saturated heterocycles. The van der Waals surface area contributed by atoms with Crippen LogP contribution in [0.4, 0.5) is 15.8 Å². The maximum atomic E-state index is 16.8. The number of carboxylic acid groups (broad SMARTS) is 1. The summed E-state index contributed by atoms with van der Waals surface area (Å²) in [7, 11) is 0. The molecule has 9 rings (SSSR count). The van der Waals surface area contributed by atoms with E-state index in [9.17, 15) is 24.3 Å². The van der Waals surface area contributed by atoms with Crippen molar-refractivity contribution in [2.75, 3.05) is 17.2 Å². The highest BCUT2D eigenvalue weighted by molar-refractivity contribution is 6.31. The van der Waals surface area contributed by atoms with Crippen LogP contribution < -0.4 is 16.0 Å². The van der Waals surface area contributed by atoms with Crippen LogP contribution in [0.25, 0.3) is 0 Å². The van der Waals surface area contributed by atoms with Crippen molar-refractivity contribution in [3.63, 3.8) is 0 Å². The van der Waals surface area contributed by atoms with Crippen LogP contribution in [0.1, 0.15) is 113 Å².